The Morgan fingerprint density at radius 1 is 0.889 bits per heavy atom. The lowest BCUT2D eigenvalue weighted by Crippen LogP contribution is -1.93. The molecule has 2 heterocycles. The fourth-order valence-electron chi connectivity index (χ4n) is 1.62. The van der Waals surface area contributed by atoms with Gasteiger partial charge in [-0.3, -0.25) is 9.97 Å². The molecule has 0 aliphatic heterocycles. The van der Waals surface area contributed by atoms with E-state index in [9.17, 15) is 0 Å². The van der Waals surface area contributed by atoms with Crippen LogP contribution in [0.2, 0.25) is 0 Å². The molecular formula is C14H8N4. The monoisotopic (exact) mass is 232 g/mol. The van der Waals surface area contributed by atoms with Gasteiger partial charge in [0.1, 0.15) is 17.7 Å². The summed E-state index contributed by atoms with van der Waals surface area (Å²) < 4.78 is 0. The van der Waals surface area contributed by atoms with Crippen LogP contribution in [0.3, 0.4) is 0 Å². The lowest BCUT2D eigenvalue weighted by Gasteiger charge is -2.07. The molecule has 18 heavy (non-hydrogen) atoms. The van der Waals surface area contributed by atoms with Crippen molar-refractivity contribution in [2.45, 2.75) is 0 Å². The van der Waals surface area contributed by atoms with E-state index < -0.39 is 0 Å². The van der Waals surface area contributed by atoms with Crippen LogP contribution in [-0.4, -0.2) is 9.97 Å². The standard InChI is InChI=1S/C14H8N4/c15-8-13(9-16)14(11-3-6-17-7-4-11)12-2-1-5-18-10-12/h1-7,10H. The first kappa shape index (κ1) is 11.5. The molecule has 0 amide bonds. The van der Waals surface area contributed by atoms with Crippen molar-refractivity contribution in [2.24, 2.45) is 0 Å². The maximum atomic E-state index is 9.05. The van der Waals surface area contributed by atoms with Crippen LogP contribution >= 0.6 is 0 Å². The van der Waals surface area contributed by atoms with Crippen LogP contribution < -0.4 is 0 Å². The lowest BCUT2D eigenvalue weighted by molar-refractivity contribution is 1.29. The first-order chi connectivity index (χ1) is 8.86. The summed E-state index contributed by atoms with van der Waals surface area (Å²) in [4.78, 5) is 7.94. The van der Waals surface area contributed by atoms with Crippen molar-refractivity contribution >= 4 is 5.57 Å². The number of pyridine rings is 2. The molecular weight excluding hydrogens is 224 g/mol. The van der Waals surface area contributed by atoms with Gasteiger partial charge in [0.15, 0.2) is 0 Å². The Kier molecular flexibility index (Phi) is 3.44. The van der Waals surface area contributed by atoms with Gasteiger partial charge in [-0.2, -0.15) is 10.5 Å². The molecule has 0 aliphatic carbocycles. The maximum Gasteiger partial charge on any atom is 0.138 e. The Hall–Kier alpha value is -2.98. The minimum absolute atomic E-state index is 0.0641. The number of aromatic nitrogens is 2. The average Bonchev–Trinajstić information content (AvgIpc) is 2.46. The molecule has 2 aromatic heterocycles. The third-order valence-electron chi connectivity index (χ3n) is 2.39. The van der Waals surface area contributed by atoms with Gasteiger partial charge >= 0.3 is 0 Å². The van der Waals surface area contributed by atoms with Gasteiger partial charge in [-0.05, 0) is 23.8 Å². The third kappa shape index (κ3) is 2.23. The van der Waals surface area contributed by atoms with Crippen molar-refractivity contribution in [1.29, 1.82) is 10.5 Å². The number of hydrogen-bond acceptors (Lipinski definition) is 4. The van der Waals surface area contributed by atoms with Crippen LogP contribution in [-0.2, 0) is 0 Å². The van der Waals surface area contributed by atoms with Crippen LogP contribution in [0, 0.1) is 22.7 Å². The van der Waals surface area contributed by atoms with Crippen molar-refractivity contribution in [2.75, 3.05) is 0 Å². The zero-order valence-corrected chi connectivity index (χ0v) is 9.41. The van der Waals surface area contributed by atoms with Gasteiger partial charge in [-0.15, -0.1) is 0 Å². The summed E-state index contributed by atoms with van der Waals surface area (Å²) in [6, 6.07) is 10.9. The second kappa shape index (κ2) is 5.38. The van der Waals surface area contributed by atoms with E-state index in [4.69, 9.17) is 10.5 Å². The summed E-state index contributed by atoms with van der Waals surface area (Å²) in [5.41, 5.74) is 2.16. The van der Waals surface area contributed by atoms with E-state index in [1.165, 1.54) is 0 Å². The number of rotatable bonds is 2. The highest BCUT2D eigenvalue weighted by Crippen LogP contribution is 2.25. The predicted molar refractivity (Wildman–Crippen MR) is 65.7 cm³/mol. The molecule has 0 saturated heterocycles. The molecule has 0 fully saturated rings. The Morgan fingerprint density at radius 3 is 2.17 bits per heavy atom. The number of nitrogens with zero attached hydrogens (tertiary/aromatic N) is 4. The first-order valence-corrected chi connectivity index (χ1v) is 5.22. The molecule has 0 saturated carbocycles. The molecule has 0 spiro atoms. The van der Waals surface area contributed by atoms with Gasteiger partial charge in [0.05, 0.1) is 0 Å². The molecule has 84 valence electrons. The third-order valence-corrected chi connectivity index (χ3v) is 2.39. The van der Waals surface area contributed by atoms with Crippen LogP contribution in [0.25, 0.3) is 5.57 Å². The Balaban J connectivity index is 2.69. The van der Waals surface area contributed by atoms with Gasteiger partial charge < -0.3 is 0 Å². The van der Waals surface area contributed by atoms with E-state index in [2.05, 4.69) is 9.97 Å². The van der Waals surface area contributed by atoms with E-state index in [1.54, 1.807) is 43.0 Å². The molecule has 0 N–H and O–H groups in total. The van der Waals surface area contributed by atoms with Crippen molar-refractivity contribution in [3.05, 3.63) is 65.8 Å². The van der Waals surface area contributed by atoms with Crippen LogP contribution in [0.5, 0.6) is 0 Å². The summed E-state index contributed by atoms with van der Waals surface area (Å²) in [6.45, 7) is 0. The second-order valence-corrected chi connectivity index (χ2v) is 3.45. The molecule has 0 bridgehead atoms. The van der Waals surface area contributed by atoms with Crippen molar-refractivity contribution in [1.82, 2.24) is 9.97 Å². The summed E-state index contributed by atoms with van der Waals surface area (Å²) in [5, 5.41) is 18.1. The lowest BCUT2D eigenvalue weighted by atomic mass is 9.96. The molecule has 2 rings (SSSR count). The zero-order chi connectivity index (χ0) is 12.8. The quantitative estimate of drug-likeness (QED) is 0.745. The normalized spacial score (nSPS) is 9.00. The molecule has 4 nitrogen and oxygen atoms in total. The molecule has 4 heteroatoms. The highest BCUT2D eigenvalue weighted by Gasteiger charge is 2.11. The predicted octanol–water partition coefficient (Wildman–Crippen LogP) is 2.33. The smallest absolute Gasteiger partial charge is 0.138 e. The van der Waals surface area contributed by atoms with Crippen LogP contribution in [0.4, 0.5) is 0 Å². The molecule has 0 aliphatic rings. The van der Waals surface area contributed by atoms with E-state index >= 15 is 0 Å². The average molecular weight is 232 g/mol. The second-order valence-electron chi connectivity index (χ2n) is 3.45. The van der Waals surface area contributed by atoms with Gasteiger partial charge in [-0.25, -0.2) is 0 Å². The highest BCUT2D eigenvalue weighted by molar-refractivity contribution is 5.86. The Labute approximate surface area is 104 Å². The van der Waals surface area contributed by atoms with E-state index in [-0.39, 0.29) is 5.57 Å². The maximum absolute atomic E-state index is 9.05. The van der Waals surface area contributed by atoms with Crippen molar-refractivity contribution < 1.29 is 0 Å². The van der Waals surface area contributed by atoms with E-state index in [1.807, 2.05) is 18.2 Å². The molecule has 0 aromatic carbocycles. The van der Waals surface area contributed by atoms with Gasteiger partial charge in [0.2, 0.25) is 0 Å². The van der Waals surface area contributed by atoms with Gasteiger partial charge in [-0.1, -0.05) is 6.07 Å². The van der Waals surface area contributed by atoms with Crippen molar-refractivity contribution in [3.63, 3.8) is 0 Å². The van der Waals surface area contributed by atoms with Gasteiger partial charge in [0, 0.05) is 35.9 Å². The van der Waals surface area contributed by atoms with E-state index in [0.29, 0.717) is 5.57 Å². The largest absolute Gasteiger partial charge is 0.265 e. The van der Waals surface area contributed by atoms with Gasteiger partial charge in [0.25, 0.3) is 0 Å². The number of hydrogen-bond donors (Lipinski definition) is 0. The number of allylic oxidation sites excluding steroid dienone is 1. The Morgan fingerprint density at radius 2 is 1.61 bits per heavy atom. The highest BCUT2D eigenvalue weighted by atomic mass is 14.6. The SMILES string of the molecule is N#CC(C#N)=C(c1ccncc1)c1cccnc1. The zero-order valence-electron chi connectivity index (χ0n) is 9.41. The molecule has 0 radical (unpaired) electrons. The molecule has 0 atom stereocenters. The summed E-state index contributed by atoms with van der Waals surface area (Å²) in [6.07, 6.45) is 6.52. The Bertz CT molecular complexity index is 588. The fourth-order valence-corrected chi connectivity index (χ4v) is 1.62. The minimum Gasteiger partial charge on any atom is -0.265 e. The summed E-state index contributed by atoms with van der Waals surface area (Å²) in [7, 11) is 0. The minimum atomic E-state index is 0.0641. The summed E-state index contributed by atoms with van der Waals surface area (Å²) in [5.74, 6) is 0. The first-order valence-electron chi connectivity index (χ1n) is 5.22. The van der Waals surface area contributed by atoms with Crippen LogP contribution in [0.1, 0.15) is 11.1 Å². The summed E-state index contributed by atoms with van der Waals surface area (Å²) >= 11 is 0. The topological polar surface area (TPSA) is 73.4 Å². The van der Waals surface area contributed by atoms with Crippen molar-refractivity contribution in [3.8, 4) is 12.1 Å². The van der Waals surface area contributed by atoms with Crippen LogP contribution in [0.15, 0.2) is 54.6 Å². The molecule has 2 aromatic rings. The van der Waals surface area contributed by atoms with E-state index in [0.717, 1.165) is 11.1 Å². The number of nitriles is 2. The molecule has 0 unspecified atom stereocenters. The fraction of sp³-hybridized carbons (Fsp3) is 0.